The van der Waals surface area contributed by atoms with Crippen LogP contribution in [0.1, 0.15) is 75.5 Å². The number of nitrogens with one attached hydrogen (secondary N) is 2. The van der Waals surface area contributed by atoms with Crippen molar-refractivity contribution < 1.29 is 19.4 Å². The van der Waals surface area contributed by atoms with E-state index in [-0.39, 0.29) is 17.9 Å². The number of fused-ring (bicyclic) bond motifs is 4. The Morgan fingerprint density at radius 3 is 2.74 bits per heavy atom. The van der Waals surface area contributed by atoms with Crippen molar-refractivity contribution in [2.24, 2.45) is 23.7 Å². The molecule has 1 aliphatic heterocycles. The van der Waals surface area contributed by atoms with Crippen LogP contribution < -0.4 is 10.6 Å². The molecule has 6 rings (SSSR count). The highest BCUT2D eigenvalue weighted by molar-refractivity contribution is 5.85. The second-order valence-electron chi connectivity index (χ2n) is 11.0. The summed E-state index contributed by atoms with van der Waals surface area (Å²) in [6, 6.07) is 3.53. The minimum Gasteiger partial charge on any atom is -0.480 e. The highest BCUT2D eigenvalue weighted by atomic mass is 16.5. The molecule has 1 unspecified atom stereocenters. The SMILES string of the molecule is O=C(N[C@@H](CCOC1CC(CCc2ccc3c(n2)NCCC3)C1)C(=O)O)C1CC2CCC1CC2. The molecule has 0 radical (unpaired) electrons. The van der Waals surface area contributed by atoms with Crippen LogP contribution in [0.2, 0.25) is 0 Å². The number of aryl methyl sites for hydroxylation is 2. The molecule has 1 amide bonds. The molecule has 4 aliphatic carbocycles. The van der Waals surface area contributed by atoms with Crippen molar-refractivity contribution in [1.82, 2.24) is 10.3 Å². The zero-order valence-electron chi connectivity index (χ0n) is 20.1. The smallest absolute Gasteiger partial charge is 0.326 e. The van der Waals surface area contributed by atoms with Gasteiger partial charge in [0.25, 0.3) is 0 Å². The van der Waals surface area contributed by atoms with Crippen molar-refractivity contribution in [3.8, 4) is 0 Å². The summed E-state index contributed by atoms with van der Waals surface area (Å²) < 4.78 is 5.95. The van der Waals surface area contributed by atoms with E-state index in [1.807, 2.05) is 0 Å². The number of aliphatic carboxylic acids is 1. The van der Waals surface area contributed by atoms with Crippen LogP contribution in [0.5, 0.6) is 0 Å². The van der Waals surface area contributed by atoms with Crippen LogP contribution in [-0.4, -0.2) is 47.3 Å². The average Bonchev–Trinajstić information content (AvgIpc) is 2.84. The first-order valence-corrected chi connectivity index (χ1v) is 13.4. The molecule has 1 aromatic heterocycles. The molecule has 1 aromatic rings. The Labute approximate surface area is 202 Å². The molecule has 5 aliphatic rings. The molecule has 4 saturated carbocycles. The van der Waals surface area contributed by atoms with Gasteiger partial charge in [0.2, 0.25) is 5.91 Å². The van der Waals surface area contributed by atoms with Crippen molar-refractivity contribution in [1.29, 1.82) is 0 Å². The molecule has 2 bridgehead atoms. The highest BCUT2D eigenvalue weighted by Gasteiger charge is 2.40. The van der Waals surface area contributed by atoms with E-state index in [0.717, 1.165) is 69.4 Å². The van der Waals surface area contributed by atoms with Crippen molar-refractivity contribution in [2.75, 3.05) is 18.5 Å². The molecular formula is C27H39N3O4. The van der Waals surface area contributed by atoms with E-state index >= 15 is 0 Å². The lowest BCUT2D eigenvalue weighted by molar-refractivity contribution is -0.144. The number of carbonyl (C=O) groups is 2. The molecule has 4 fully saturated rings. The molecule has 34 heavy (non-hydrogen) atoms. The van der Waals surface area contributed by atoms with Gasteiger partial charge in [0.05, 0.1) is 6.10 Å². The number of hydrogen-bond acceptors (Lipinski definition) is 5. The van der Waals surface area contributed by atoms with Gasteiger partial charge in [-0.1, -0.05) is 18.9 Å². The predicted octanol–water partition coefficient (Wildman–Crippen LogP) is 3.95. The summed E-state index contributed by atoms with van der Waals surface area (Å²) in [4.78, 5) is 29.3. The van der Waals surface area contributed by atoms with E-state index in [1.165, 1.54) is 24.8 Å². The summed E-state index contributed by atoms with van der Waals surface area (Å²) in [6.45, 7) is 1.39. The molecule has 7 heteroatoms. The maximum Gasteiger partial charge on any atom is 0.326 e. The van der Waals surface area contributed by atoms with Gasteiger partial charge in [0.1, 0.15) is 11.9 Å². The Morgan fingerprint density at radius 2 is 2.00 bits per heavy atom. The maximum absolute atomic E-state index is 12.8. The number of carboxylic acid groups (broad SMARTS) is 1. The van der Waals surface area contributed by atoms with Crippen LogP contribution >= 0.6 is 0 Å². The first-order chi connectivity index (χ1) is 16.5. The molecule has 3 N–H and O–H groups in total. The number of hydrogen-bond donors (Lipinski definition) is 3. The molecule has 2 heterocycles. The second kappa shape index (κ2) is 10.6. The van der Waals surface area contributed by atoms with Crippen LogP contribution in [0.4, 0.5) is 5.82 Å². The van der Waals surface area contributed by atoms with Gasteiger partial charge in [-0.3, -0.25) is 4.79 Å². The summed E-state index contributed by atoms with van der Waals surface area (Å²) in [7, 11) is 0. The van der Waals surface area contributed by atoms with Crippen LogP contribution in [-0.2, 0) is 27.2 Å². The quantitative estimate of drug-likeness (QED) is 0.480. The van der Waals surface area contributed by atoms with Crippen LogP contribution in [0.25, 0.3) is 0 Å². The van der Waals surface area contributed by atoms with Gasteiger partial charge < -0.3 is 20.5 Å². The number of pyridine rings is 1. The average molecular weight is 470 g/mol. The summed E-state index contributed by atoms with van der Waals surface area (Å²) in [5.41, 5.74) is 2.48. The Morgan fingerprint density at radius 1 is 1.18 bits per heavy atom. The number of amides is 1. The van der Waals surface area contributed by atoms with Gasteiger partial charge in [-0.2, -0.15) is 0 Å². The second-order valence-corrected chi connectivity index (χ2v) is 11.0. The number of rotatable bonds is 10. The largest absolute Gasteiger partial charge is 0.480 e. The lowest BCUT2D eigenvalue weighted by Crippen LogP contribution is -2.48. The normalized spacial score (nSPS) is 30.5. The minimum absolute atomic E-state index is 0.00282. The van der Waals surface area contributed by atoms with Gasteiger partial charge in [-0.25, -0.2) is 9.78 Å². The molecule has 0 aromatic carbocycles. The van der Waals surface area contributed by atoms with Crippen LogP contribution in [0, 0.1) is 23.7 Å². The summed E-state index contributed by atoms with van der Waals surface area (Å²) in [5, 5.41) is 15.8. The molecular weight excluding hydrogens is 430 g/mol. The lowest BCUT2D eigenvalue weighted by Gasteiger charge is -2.41. The Hall–Kier alpha value is -2.15. The van der Waals surface area contributed by atoms with Crippen LogP contribution in [0.15, 0.2) is 12.1 Å². The van der Waals surface area contributed by atoms with Crippen molar-refractivity contribution in [2.45, 2.75) is 89.2 Å². The molecule has 0 saturated heterocycles. The predicted molar refractivity (Wildman–Crippen MR) is 130 cm³/mol. The van der Waals surface area contributed by atoms with Gasteiger partial charge in [0, 0.05) is 31.2 Å². The topological polar surface area (TPSA) is 101 Å². The van der Waals surface area contributed by atoms with E-state index in [9.17, 15) is 14.7 Å². The van der Waals surface area contributed by atoms with E-state index in [2.05, 4.69) is 22.8 Å². The van der Waals surface area contributed by atoms with Gasteiger partial charge in [-0.15, -0.1) is 0 Å². The maximum atomic E-state index is 12.8. The van der Waals surface area contributed by atoms with Crippen molar-refractivity contribution >= 4 is 17.7 Å². The first kappa shape index (κ1) is 23.6. The van der Waals surface area contributed by atoms with Gasteiger partial charge in [-0.05, 0) is 87.2 Å². The van der Waals surface area contributed by atoms with Gasteiger partial charge in [0.15, 0.2) is 0 Å². The fourth-order valence-corrected chi connectivity index (χ4v) is 6.49. The zero-order valence-corrected chi connectivity index (χ0v) is 20.1. The zero-order chi connectivity index (χ0) is 23.5. The van der Waals surface area contributed by atoms with E-state index in [0.29, 0.717) is 30.8 Å². The molecule has 0 spiro atoms. The third kappa shape index (κ3) is 5.56. The lowest BCUT2D eigenvalue weighted by atomic mass is 9.64. The third-order valence-corrected chi connectivity index (χ3v) is 8.71. The van der Waals surface area contributed by atoms with Crippen LogP contribution in [0.3, 0.4) is 0 Å². The number of carbonyl (C=O) groups excluding carboxylic acids is 1. The monoisotopic (exact) mass is 469 g/mol. The number of anilines is 1. The number of ether oxygens (including phenoxy) is 1. The van der Waals surface area contributed by atoms with E-state index < -0.39 is 12.0 Å². The third-order valence-electron chi connectivity index (χ3n) is 8.71. The standard InChI is InChI=1S/C27H39N3O4/c31-26(23-16-17-3-6-19(23)7-4-17)30-24(27(32)33)11-13-34-22-14-18(15-22)5-9-21-10-8-20-2-1-12-28-25(20)29-21/h8,10,17-19,22-24H,1-7,9,11-16H2,(H,28,29)(H,30,31)(H,32,33)/t17?,18?,19?,22?,23?,24-/m0/s1. The van der Waals surface area contributed by atoms with E-state index in [1.54, 1.807) is 0 Å². The summed E-state index contributed by atoms with van der Waals surface area (Å²) >= 11 is 0. The summed E-state index contributed by atoms with van der Waals surface area (Å²) in [5.74, 6) is 1.78. The van der Waals surface area contributed by atoms with Gasteiger partial charge >= 0.3 is 5.97 Å². The summed E-state index contributed by atoms with van der Waals surface area (Å²) in [6.07, 6.45) is 12.6. The Bertz CT molecular complexity index is 877. The first-order valence-electron chi connectivity index (χ1n) is 13.4. The van der Waals surface area contributed by atoms with Crippen molar-refractivity contribution in [3.63, 3.8) is 0 Å². The Balaban J connectivity index is 0.990. The fourth-order valence-electron chi connectivity index (χ4n) is 6.49. The van der Waals surface area contributed by atoms with E-state index in [4.69, 9.17) is 9.72 Å². The fraction of sp³-hybridized carbons (Fsp3) is 0.741. The van der Waals surface area contributed by atoms with Crippen molar-refractivity contribution in [3.05, 3.63) is 23.4 Å². The minimum atomic E-state index is -0.962. The highest BCUT2D eigenvalue weighted by Crippen LogP contribution is 2.45. The number of carboxylic acids is 1. The molecule has 2 atom stereocenters. The Kier molecular flexibility index (Phi) is 7.37. The number of nitrogens with zero attached hydrogens (tertiary/aromatic N) is 1. The number of aromatic nitrogens is 1. The molecule has 7 nitrogen and oxygen atoms in total. The molecule has 186 valence electrons.